The van der Waals surface area contributed by atoms with Crippen LogP contribution in [-0.4, -0.2) is 36.1 Å². The number of carbonyl (C=O) groups is 1. The van der Waals surface area contributed by atoms with Gasteiger partial charge in [0.1, 0.15) is 11.8 Å². The first kappa shape index (κ1) is 14.8. The van der Waals surface area contributed by atoms with Gasteiger partial charge in [0.05, 0.1) is 30.0 Å². The van der Waals surface area contributed by atoms with Crippen LogP contribution in [0.1, 0.15) is 5.56 Å². The Morgan fingerprint density at radius 1 is 1.48 bits per heavy atom. The zero-order valence-electron chi connectivity index (χ0n) is 11.6. The monoisotopic (exact) mass is 293 g/mol. The number of non-ortho nitro benzene ring substituents is 1. The van der Waals surface area contributed by atoms with E-state index in [1.165, 1.54) is 26.4 Å². The molecule has 1 unspecified atom stereocenters. The van der Waals surface area contributed by atoms with Crippen LogP contribution in [0, 0.1) is 10.1 Å². The van der Waals surface area contributed by atoms with Crippen LogP contribution < -0.4 is 10.5 Å². The fraction of sp³-hybridized carbons (Fsp3) is 0.308. The van der Waals surface area contributed by atoms with Crippen molar-refractivity contribution in [3.63, 3.8) is 0 Å². The van der Waals surface area contributed by atoms with Crippen LogP contribution in [0.4, 0.5) is 5.69 Å². The summed E-state index contributed by atoms with van der Waals surface area (Å²) < 4.78 is 9.74. The molecule has 3 N–H and O–H groups in total. The number of ether oxygens (including phenoxy) is 2. The molecule has 2 rings (SSSR count). The number of hydrogen-bond donors (Lipinski definition) is 2. The van der Waals surface area contributed by atoms with Crippen molar-refractivity contribution in [1.29, 1.82) is 0 Å². The second kappa shape index (κ2) is 5.80. The number of aromatic amines is 1. The minimum absolute atomic E-state index is 0.0703. The van der Waals surface area contributed by atoms with Gasteiger partial charge in [-0.25, -0.2) is 0 Å². The maximum Gasteiger partial charge on any atom is 0.322 e. The molecule has 112 valence electrons. The zero-order chi connectivity index (χ0) is 15.6. The number of esters is 1. The molecule has 0 saturated heterocycles. The Balaban J connectivity index is 2.54. The fourth-order valence-corrected chi connectivity index (χ4v) is 2.23. The highest BCUT2D eigenvalue weighted by molar-refractivity contribution is 5.96. The number of carbonyl (C=O) groups excluding carboxylic acids is 1. The number of H-pyrrole nitrogens is 1. The number of hydrogen-bond acceptors (Lipinski definition) is 6. The number of methoxy groups -OCH3 is 2. The van der Waals surface area contributed by atoms with Gasteiger partial charge in [-0.2, -0.15) is 0 Å². The van der Waals surface area contributed by atoms with Crippen molar-refractivity contribution in [2.24, 2.45) is 5.73 Å². The maximum atomic E-state index is 11.4. The van der Waals surface area contributed by atoms with Gasteiger partial charge in [-0.3, -0.25) is 14.9 Å². The van der Waals surface area contributed by atoms with Gasteiger partial charge >= 0.3 is 5.97 Å². The van der Waals surface area contributed by atoms with Gasteiger partial charge in [0.15, 0.2) is 0 Å². The molecule has 0 aliphatic rings. The van der Waals surface area contributed by atoms with E-state index in [1.54, 1.807) is 6.20 Å². The van der Waals surface area contributed by atoms with Crippen molar-refractivity contribution >= 4 is 22.6 Å². The van der Waals surface area contributed by atoms with Gasteiger partial charge in [0, 0.05) is 18.7 Å². The highest BCUT2D eigenvalue weighted by Crippen LogP contribution is 2.35. The molecule has 1 aromatic heterocycles. The molecule has 1 atom stereocenters. The molecule has 0 fully saturated rings. The quantitative estimate of drug-likeness (QED) is 0.484. The van der Waals surface area contributed by atoms with E-state index in [2.05, 4.69) is 9.72 Å². The molecule has 1 heterocycles. The van der Waals surface area contributed by atoms with E-state index in [-0.39, 0.29) is 12.1 Å². The first-order valence-electron chi connectivity index (χ1n) is 6.14. The van der Waals surface area contributed by atoms with Gasteiger partial charge in [-0.15, -0.1) is 0 Å². The molecule has 8 heteroatoms. The lowest BCUT2D eigenvalue weighted by molar-refractivity contribution is -0.383. The smallest absolute Gasteiger partial charge is 0.322 e. The molecule has 0 aliphatic carbocycles. The second-order valence-electron chi connectivity index (χ2n) is 4.44. The summed E-state index contributed by atoms with van der Waals surface area (Å²) in [5.74, 6) is -0.0941. The van der Waals surface area contributed by atoms with Gasteiger partial charge in [0.25, 0.3) is 5.69 Å². The third-order valence-corrected chi connectivity index (χ3v) is 3.22. The summed E-state index contributed by atoms with van der Waals surface area (Å²) in [5, 5.41) is 11.6. The van der Waals surface area contributed by atoms with E-state index in [9.17, 15) is 14.9 Å². The first-order chi connectivity index (χ1) is 9.99. The van der Waals surface area contributed by atoms with Crippen LogP contribution in [0.25, 0.3) is 10.9 Å². The lowest BCUT2D eigenvalue weighted by Crippen LogP contribution is -2.33. The normalized spacial score (nSPS) is 12.1. The van der Waals surface area contributed by atoms with Crippen molar-refractivity contribution < 1.29 is 19.2 Å². The first-order valence-corrected chi connectivity index (χ1v) is 6.14. The Bertz CT molecular complexity index is 694. The molecule has 0 aliphatic heterocycles. The predicted octanol–water partition coefficient (Wildman–Crippen LogP) is 1.13. The molecule has 0 radical (unpaired) electrons. The van der Waals surface area contributed by atoms with Crippen LogP contribution in [0.15, 0.2) is 18.3 Å². The molecular weight excluding hydrogens is 278 g/mol. The highest BCUT2D eigenvalue weighted by atomic mass is 16.6. The van der Waals surface area contributed by atoms with Crippen molar-refractivity contribution in [2.45, 2.75) is 12.5 Å². The molecule has 0 spiro atoms. The lowest BCUT2D eigenvalue weighted by atomic mass is 10.0. The third-order valence-electron chi connectivity index (χ3n) is 3.22. The number of nitro benzene ring substituents is 1. The number of fused-ring (bicyclic) bond motifs is 1. The topological polar surface area (TPSA) is 120 Å². The number of benzene rings is 1. The highest BCUT2D eigenvalue weighted by Gasteiger charge is 2.23. The van der Waals surface area contributed by atoms with E-state index >= 15 is 0 Å². The molecule has 21 heavy (non-hydrogen) atoms. The summed E-state index contributed by atoms with van der Waals surface area (Å²) in [6.45, 7) is 0. The van der Waals surface area contributed by atoms with E-state index < -0.39 is 16.9 Å². The molecule has 0 amide bonds. The Morgan fingerprint density at radius 2 is 2.19 bits per heavy atom. The molecule has 1 aromatic carbocycles. The molecule has 0 saturated carbocycles. The Labute approximate surface area is 120 Å². The number of nitrogens with one attached hydrogen (secondary N) is 1. The summed E-state index contributed by atoms with van der Waals surface area (Å²) in [6.07, 6.45) is 1.71. The van der Waals surface area contributed by atoms with Crippen LogP contribution in [0.5, 0.6) is 5.75 Å². The standard InChI is InChI=1S/C13H15N3O5/c1-20-10-4-3-9(16(18)19)11-7(6-15-12(10)11)5-8(14)13(17)21-2/h3-4,6,8,15H,5,14H2,1-2H3. The van der Waals surface area contributed by atoms with Crippen LogP contribution in [0.3, 0.4) is 0 Å². The number of rotatable bonds is 5. The van der Waals surface area contributed by atoms with Crippen molar-refractivity contribution in [3.8, 4) is 5.75 Å². The van der Waals surface area contributed by atoms with Crippen molar-refractivity contribution in [3.05, 3.63) is 34.0 Å². The Kier molecular flexibility index (Phi) is 4.08. The summed E-state index contributed by atoms with van der Waals surface area (Å²) in [7, 11) is 2.71. The second-order valence-corrected chi connectivity index (χ2v) is 4.44. The minimum atomic E-state index is -0.889. The predicted molar refractivity (Wildman–Crippen MR) is 75.2 cm³/mol. The van der Waals surface area contributed by atoms with Gasteiger partial charge in [-0.1, -0.05) is 0 Å². The average Bonchev–Trinajstić information content (AvgIpc) is 2.89. The molecule has 2 aromatic rings. The fourth-order valence-electron chi connectivity index (χ4n) is 2.23. The van der Waals surface area contributed by atoms with Crippen molar-refractivity contribution in [2.75, 3.05) is 14.2 Å². The zero-order valence-corrected chi connectivity index (χ0v) is 11.6. The van der Waals surface area contributed by atoms with Crippen LogP contribution in [-0.2, 0) is 16.0 Å². The van der Waals surface area contributed by atoms with E-state index in [0.29, 0.717) is 22.2 Å². The van der Waals surface area contributed by atoms with Gasteiger partial charge in [-0.05, 0) is 11.6 Å². The van der Waals surface area contributed by atoms with E-state index in [1.807, 2.05) is 0 Å². The third kappa shape index (κ3) is 2.65. The summed E-state index contributed by atoms with van der Waals surface area (Å²) in [5.41, 5.74) is 6.71. The number of nitro groups is 1. The summed E-state index contributed by atoms with van der Waals surface area (Å²) in [6, 6.07) is 1.99. The van der Waals surface area contributed by atoms with Crippen LogP contribution >= 0.6 is 0 Å². The lowest BCUT2D eigenvalue weighted by Gasteiger charge is -2.08. The number of nitrogens with two attached hydrogens (primary N) is 1. The van der Waals surface area contributed by atoms with E-state index in [4.69, 9.17) is 10.5 Å². The molecule has 8 nitrogen and oxygen atoms in total. The number of nitrogens with zero attached hydrogens (tertiary/aromatic N) is 1. The van der Waals surface area contributed by atoms with Crippen LogP contribution in [0.2, 0.25) is 0 Å². The Morgan fingerprint density at radius 3 is 2.76 bits per heavy atom. The summed E-state index contributed by atoms with van der Waals surface area (Å²) >= 11 is 0. The molecule has 0 bridgehead atoms. The maximum absolute atomic E-state index is 11.4. The minimum Gasteiger partial charge on any atom is -0.495 e. The molecular formula is C13H15N3O5. The summed E-state index contributed by atoms with van der Waals surface area (Å²) in [4.78, 5) is 25.0. The largest absolute Gasteiger partial charge is 0.495 e. The van der Waals surface area contributed by atoms with Crippen molar-refractivity contribution in [1.82, 2.24) is 4.98 Å². The SMILES string of the molecule is COC(=O)C(N)Cc1c[nH]c2c(OC)ccc([N+](=O)[O-])c12. The average molecular weight is 293 g/mol. The van der Waals surface area contributed by atoms with E-state index in [0.717, 1.165) is 0 Å². The Hall–Kier alpha value is -2.61. The van der Waals surface area contributed by atoms with Gasteiger partial charge < -0.3 is 20.2 Å². The van der Waals surface area contributed by atoms with Gasteiger partial charge in [0.2, 0.25) is 0 Å². The number of aromatic nitrogens is 1.